The number of aliphatic hydroxyl groups is 1. The van der Waals surface area contributed by atoms with E-state index in [0.717, 1.165) is 28.9 Å². The van der Waals surface area contributed by atoms with Gasteiger partial charge in [-0.05, 0) is 30.7 Å². The van der Waals surface area contributed by atoms with Gasteiger partial charge in [-0.3, -0.25) is 4.79 Å². The lowest BCUT2D eigenvalue weighted by molar-refractivity contribution is -0.141. The van der Waals surface area contributed by atoms with Crippen LogP contribution in [0, 0.1) is 0 Å². The van der Waals surface area contributed by atoms with Gasteiger partial charge < -0.3 is 14.6 Å². The highest BCUT2D eigenvalue weighted by atomic mass is 35.5. The van der Waals surface area contributed by atoms with Crippen molar-refractivity contribution in [2.24, 2.45) is 0 Å². The largest absolute Gasteiger partial charge is 0.389 e. The van der Waals surface area contributed by atoms with Crippen LogP contribution in [0.4, 0.5) is 0 Å². The fraction of sp³-hybridized carbons (Fsp3) is 0.400. The standard InChI is InChI=1S/C15H17ClN2O2/c16-12-3-4-14-11(8-12)5-7-17(14)6-1-2-15(20)18-9-13(19)10-18/h3-5,7-8,13,19H,1-2,6,9-10H2. The summed E-state index contributed by atoms with van der Waals surface area (Å²) in [6, 6.07) is 7.87. The first-order valence-electron chi connectivity index (χ1n) is 6.84. The van der Waals surface area contributed by atoms with Crippen molar-refractivity contribution in [2.75, 3.05) is 13.1 Å². The van der Waals surface area contributed by atoms with Crippen molar-refractivity contribution in [1.29, 1.82) is 0 Å². The van der Waals surface area contributed by atoms with Crippen molar-refractivity contribution in [2.45, 2.75) is 25.5 Å². The van der Waals surface area contributed by atoms with E-state index in [-0.39, 0.29) is 12.0 Å². The SMILES string of the molecule is O=C(CCCn1ccc2cc(Cl)ccc21)N1CC(O)C1. The predicted molar refractivity (Wildman–Crippen MR) is 78.8 cm³/mol. The lowest BCUT2D eigenvalue weighted by atomic mass is 10.1. The minimum atomic E-state index is -0.322. The maximum Gasteiger partial charge on any atom is 0.222 e. The third-order valence-electron chi connectivity index (χ3n) is 3.74. The second kappa shape index (κ2) is 5.46. The summed E-state index contributed by atoms with van der Waals surface area (Å²) in [5.41, 5.74) is 1.14. The summed E-state index contributed by atoms with van der Waals surface area (Å²) in [4.78, 5) is 13.5. The molecule has 0 unspecified atom stereocenters. The molecule has 2 heterocycles. The number of carbonyl (C=O) groups excluding carboxylic acids is 1. The topological polar surface area (TPSA) is 45.5 Å². The normalized spacial score (nSPS) is 15.6. The van der Waals surface area contributed by atoms with Crippen LogP contribution in [-0.2, 0) is 11.3 Å². The Morgan fingerprint density at radius 2 is 2.15 bits per heavy atom. The molecule has 0 spiro atoms. The fourth-order valence-electron chi connectivity index (χ4n) is 2.58. The number of β-amino-alcohol motifs (C(OH)–C–C–N with tert-alkyl or cyclic N) is 1. The number of aromatic nitrogens is 1. The van der Waals surface area contributed by atoms with Crippen molar-refractivity contribution in [3.05, 3.63) is 35.5 Å². The first kappa shape index (κ1) is 13.5. The molecule has 0 aliphatic carbocycles. The number of nitrogens with zero attached hydrogens (tertiary/aromatic N) is 2. The summed E-state index contributed by atoms with van der Waals surface area (Å²) in [5.74, 6) is 0.134. The van der Waals surface area contributed by atoms with E-state index in [9.17, 15) is 9.90 Å². The quantitative estimate of drug-likeness (QED) is 0.940. The first-order chi connectivity index (χ1) is 9.63. The number of aryl methyl sites for hydroxylation is 1. The summed E-state index contributed by atoms with van der Waals surface area (Å²) in [6.07, 6.45) is 3.04. The number of halogens is 1. The zero-order valence-corrected chi connectivity index (χ0v) is 11.9. The van der Waals surface area contributed by atoms with E-state index in [2.05, 4.69) is 4.57 Å². The molecule has 0 saturated carbocycles. The van der Waals surface area contributed by atoms with Gasteiger partial charge in [0.05, 0.1) is 6.10 Å². The Kier molecular flexibility index (Phi) is 3.68. The van der Waals surface area contributed by atoms with E-state index < -0.39 is 0 Å². The number of likely N-dealkylation sites (tertiary alicyclic amines) is 1. The zero-order chi connectivity index (χ0) is 14.1. The summed E-state index contributed by atoms with van der Waals surface area (Å²) >= 11 is 5.96. The fourth-order valence-corrected chi connectivity index (χ4v) is 2.76. The summed E-state index contributed by atoms with van der Waals surface area (Å²) < 4.78 is 2.14. The van der Waals surface area contributed by atoms with Gasteiger partial charge in [0, 0.05) is 48.2 Å². The highest BCUT2D eigenvalue weighted by molar-refractivity contribution is 6.31. The Morgan fingerprint density at radius 3 is 2.90 bits per heavy atom. The van der Waals surface area contributed by atoms with Crippen LogP contribution >= 0.6 is 11.6 Å². The van der Waals surface area contributed by atoms with E-state index in [4.69, 9.17) is 11.6 Å². The molecule has 5 heteroatoms. The van der Waals surface area contributed by atoms with Gasteiger partial charge in [0.1, 0.15) is 0 Å². The zero-order valence-electron chi connectivity index (χ0n) is 11.1. The van der Waals surface area contributed by atoms with Gasteiger partial charge in [0.15, 0.2) is 0 Å². The maximum absolute atomic E-state index is 11.8. The molecule has 0 bridgehead atoms. The number of aliphatic hydroxyl groups excluding tert-OH is 1. The van der Waals surface area contributed by atoms with Crippen molar-refractivity contribution in [1.82, 2.24) is 9.47 Å². The van der Waals surface area contributed by atoms with Crippen molar-refractivity contribution in [3.63, 3.8) is 0 Å². The van der Waals surface area contributed by atoms with E-state index in [1.54, 1.807) is 4.90 Å². The minimum absolute atomic E-state index is 0.134. The molecule has 20 heavy (non-hydrogen) atoms. The smallest absolute Gasteiger partial charge is 0.222 e. The van der Waals surface area contributed by atoms with Gasteiger partial charge in [-0.2, -0.15) is 0 Å². The van der Waals surface area contributed by atoms with Gasteiger partial charge in [-0.25, -0.2) is 0 Å². The molecule has 0 radical (unpaired) electrons. The molecule has 1 aliphatic rings. The minimum Gasteiger partial charge on any atom is -0.389 e. The third-order valence-corrected chi connectivity index (χ3v) is 3.97. The maximum atomic E-state index is 11.8. The number of hydrogen-bond acceptors (Lipinski definition) is 2. The van der Waals surface area contributed by atoms with Gasteiger partial charge in [0.25, 0.3) is 0 Å². The van der Waals surface area contributed by atoms with Crippen LogP contribution < -0.4 is 0 Å². The number of fused-ring (bicyclic) bond motifs is 1. The molecule has 1 aromatic heterocycles. The Balaban J connectivity index is 1.56. The van der Waals surface area contributed by atoms with E-state index >= 15 is 0 Å². The Bertz CT molecular complexity index is 632. The van der Waals surface area contributed by atoms with E-state index in [0.29, 0.717) is 19.5 Å². The summed E-state index contributed by atoms with van der Waals surface area (Å²) in [7, 11) is 0. The molecule has 3 rings (SSSR count). The lowest BCUT2D eigenvalue weighted by Gasteiger charge is -2.35. The number of carbonyl (C=O) groups is 1. The van der Waals surface area contributed by atoms with Crippen LogP contribution in [0.5, 0.6) is 0 Å². The molecule has 0 atom stereocenters. The predicted octanol–water partition coefficient (Wildman–Crippen LogP) is 2.28. The van der Waals surface area contributed by atoms with Crippen LogP contribution in [0.2, 0.25) is 5.02 Å². The molecular weight excluding hydrogens is 276 g/mol. The second-order valence-electron chi connectivity index (χ2n) is 5.27. The monoisotopic (exact) mass is 292 g/mol. The van der Waals surface area contributed by atoms with Gasteiger partial charge in [-0.15, -0.1) is 0 Å². The molecule has 106 valence electrons. The average Bonchev–Trinajstić information content (AvgIpc) is 2.77. The molecule has 2 aromatic rings. The molecule has 1 aliphatic heterocycles. The summed E-state index contributed by atoms with van der Waals surface area (Å²) in [5, 5.41) is 11.0. The highest BCUT2D eigenvalue weighted by Crippen LogP contribution is 2.21. The lowest BCUT2D eigenvalue weighted by Crippen LogP contribution is -2.53. The van der Waals surface area contributed by atoms with E-state index in [1.165, 1.54) is 0 Å². The average molecular weight is 293 g/mol. The molecule has 1 amide bonds. The van der Waals surface area contributed by atoms with Gasteiger partial charge >= 0.3 is 0 Å². The van der Waals surface area contributed by atoms with Crippen LogP contribution in [0.3, 0.4) is 0 Å². The van der Waals surface area contributed by atoms with E-state index in [1.807, 2.05) is 30.5 Å². The van der Waals surface area contributed by atoms with Crippen molar-refractivity contribution in [3.8, 4) is 0 Å². The first-order valence-corrected chi connectivity index (χ1v) is 7.21. The van der Waals surface area contributed by atoms with Crippen LogP contribution in [0.1, 0.15) is 12.8 Å². The molecule has 1 fully saturated rings. The van der Waals surface area contributed by atoms with Crippen molar-refractivity contribution < 1.29 is 9.90 Å². The van der Waals surface area contributed by atoms with Crippen LogP contribution in [-0.4, -0.2) is 39.7 Å². The molecule has 4 nitrogen and oxygen atoms in total. The Hall–Kier alpha value is -1.52. The van der Waals surface area contributed by atoms with Crippen molar-refractivity contribution >= 4 is 28.4 Å². The number of benzene rings is 1. The van der Waals surface area contributed by atoms with Crippen LogP contribution in [0.25, 0.3) is 10.9 Å². The number of hydrogen-bond donors (Lipinski definition) is 1. The van der Waals surface area contributed by atoms with Crippen LogP contribution in [0.15, 0.2) is 30.5 Å². The summed E-state index contributed by atoms with van der Waals surface area (Å²) in [6.45, 7) is 1.79. The Morgan fingerprint density at radius 1 is 1.35 bits per heavy atom. The van der Waals surface area contributed by atoms with Gasteiger partial charge in [-0.1, -0.05) is 11.6 Å². The molecule has 1 saturated heterocycles. The Labute approximate surface area is 122 Å². The third kappa shape index (κ3) is 2.67. The number of amides is 1. The molecular formula is C15H17ClN2O2. The molecule has 1 aromatic carbocycles. The number of rotatable bonds is 4. The van der Waals surface area contributed by atoms with Gasteiger partial charge in [0.2, 0.25) is 5.91 Å². The molecule has 1 N–H and O–H groups in total. The second-order valence-corrected chi connectivity index (χ2v) is 5.70. The highest BCUT2D eigenvalue weighted by Gasteiger charge is 2.27.